The molecule has 0 radical (unpaired) electrons. The first-order valence-electron chi connectivity index (χ1n) is 7.88. The molecule has 1 amide bonds. The Kier molecular flexibility index (Phi) is 3.81. The number of fused-ring (bicyclic) bond motifs is 1. The van der Waals surface area contributed by atoms with Crippen molar-refractivity contribution in [1.82, 2.24) is 4.98 Å². The zero-order chi connectivity index (χ0) is 15.6. The van der Waals surface area contributed by atoms with E-state index in [2.05, 4.69) is 4.98 Å². The van der Waals surface area contributed by atoms with Crippen LogP contribution in [0.2, 0.25) is 0 Å². The molecule has 2 aliphatic heterocycles. The minimum atomic E-state index is -0.310. The van der Waals surface area contributed by atoms with Crippen LogP contribution in [0.4, 0.5) is 5.69 Å². The van der Waals surface area contributed by atoms with Crippen molar-refractivity contribution in [3.8, 4) is 0 Å². The molecular weight excluding hydrogens is 292 g/mol. The smallest absolute Gasteiger partial charge is 0.227 e. The van der Waals surface area contributed by atoms with E-state index in [9.17, 15) is 4.79 Å². The van der Waals surface area contributed by atoms with Gasteiger partial charge in [0.2, 0.25) is 5.91 Å². The molecular formula is C18H18N2O3. The number of amides is 1. The van der Waals surface area contributed by atoms with E-state index >= 15 is 0 Å². The Hall–Kier alpha value is -2.24. The maximum absolute atomic E-state index is 12.4. The number of nitrogens with zero attached hydrogens (tertiary/aromatic N) is 2. The fourth-order valence-electron chi connectivity index (χ4n) is 3.20. The predicted molar refractivity (Wildman–Crippen MR) is 84.8 cm³/mol. The highest BCUT2D eigenvalue weighted by Crippen LogP contribution is 2.36. The van der Waals surface area contributed by atoms with Gasteiger partial charge in [0.25, 0.3) is 0 Å². The number of rotatable bonds is 3. The molecule has 0 atom stereocenters. The summed E-state index contributed by atoms with van der Waals surface area (Å²) in [5.41, 5.74) is 4.02. The van der Waals surface area contributed by atoms with Crippen LogP contribution in [0, 0.1) is 0 Å². The predicted octanol–water partition coefficient (Wildman–Crippen LogP) is 2.61. The number of carbonyl (C=O) groups excluding carboxylic acids is 1. The van der Waals surface area contributed by atoms with Crippen molar-refractivity contribution < 1.29 is 14.3 Å². The summed E-state index contributed by atoms with van der Waals surface area (Å²) in [6.45, 7) is 1.72. The number of anilines is 1. The molecule has 5 nitrogen and oxygen atoms in total. The lowest BCUT2D eigenvalue weighted by molar-refractivity contribution is -0.119. The minimum Gasteiger partial charge on any atom is -0.346 e. The first-order chi connectivity index (χ1) is 11.3. The van der Waals surface area contributed by atoms with Crippen molar-refractivity contribution in [3.05, 3.63) is 59.4 Å². The van der Waals surface area contributed by atoms with Gasteiger partial charge in [-0.3, -0.25) is 9.78 Å². The Balaban J connectivity index is 1.70. The Morgan fingerprint density at radius 3 is 2.74 bits per heavy atom. The van der Waals surface area contributed by atoms with Crippen LogP contribution >= 0.6 is 0 Å². The second-order valence-corrected chi connectivity index (χ2v) is 5.72. The lowest BCUT2D eigenvalue weighted by Crippen LogP contribution is -2.35. The highest BCUT2D eigenvalue weighted by Gasteiger charge is 2.30. The third-order valence-corrected chi connectivity index (χ3v) is 4.29. The van der Waals surface area contributed by atoms with Crippen LogP contribution in [0.15, 0.2) is 42.6 Å². The van der Waals surface area contributed by atoms with Crippen molar-refractivity contribution >= 4 is 11.6 Å². The maximum atomic E-state index is 12.4. The summed E-state index contributed by atoms with van der Waals surface area (Å²) in [6.07, 6.45) is 2.67. The van der Waals surface area contributed by atoms with Crippen molar-refractivity contribution in [2.45, 2.75) is 25.7 Å². The van der Waals surface area contributed by atoms with Crippen LogP contribution in [0.3, 0.4) is 0 Å². The lowest BCUT2D eigenvalue weighted by atomic mass is 9.95. The van der Waals surface area contributed by atoms with Gasteiger partial charge in [0, 0.05) is 23.9 Å². The molecule has 1 aromatic heterocycles. The number of aromatic nitrogens is 1. The molecule has 4 rings (SSSR count). The molecule has 0 aliphatic carbocycles. The van der Waals surface area contributed by atoms with E-state index in [-0.39, 0.29) is 12.2 Å². The minimum absolute atomic E-state index is 0.133. The average Bonchev–Trinajstić information content (AvgIpc) is 3.12. The summed E-state index contributed by atoms with van der Waals surface area (Å²) in [5, 5.41) is 0. The summed E-state index contributed by atoms with van der Waals surface area (Å²) in [6, 6.07) is 11.7. The van der Waals surface area contributed by atoms with Gasteiger partial charge in [0.1, 0.15) is 0 Å². The molecule has 3 heterocycles. The summed E-state index contributed by atoms with van der Waals surface area (Å²) < 4.78 is 11.3. The fourth-order valence-corrected chi connectivity index (χ4v) is 3.20. The molecule has 5 heteroatoms. The largest absolute Gasteiger partial charge is 0.346 e. The van der Waals surface area contributed by atoms with E-state index in [1.54, 1.807) is 6.20 Å². The van der Waals surface area contributed by atoms with Crippen molar-refractivity contribution in [3.63, 3.8) is 0 Å². The molecule has 0 saturated carbocycles. The summed E-state index contributed by atoms with van der Waals surface area (Å²) in [5.74, 6) is 0.133. The van der Waals surface area contributed by atoms with E-state index in [0.717, 1.165) is 28.9 Å². The topological polar surface area (TPSA) is 51.7 Å². The van der Waals surface area contributed by atoms with E-state index < -0.39 is 0 Å². The Bertz CT molecular complexity index is 711. The van der Waals surface area contributed by atoms with Gasteiger partial charge >= 0.3 is 0 Å². The number of ether oxygens (including phenoxy) is 2. The highest BCUT2D eigenvalue weighted by atomic mass is 16.7. The molecule has 1 saturated heterocycles. The number of pyridine rings is 1. The van der Waals surface area contributed by atoms with Crippen molar-refractivity contribution in [1.29, 1.82) is 0 Å². The van der Waals surface area contributed by atoms with Gasteiger partial charge in [-0.2, -0.15) is 0 Å². The first-order valence-corrected chi connectivity index (χ1v) is 7.88. The SMILES string of the molecule is O=C1CCc2c(C3OCCO3)cccc2N1Cc1ccccn1. The normalized spacial score (nSPS) is 18.3. The Morgan fingerprint density at radius 2 is 1.96 bits per heavy atom. The van der Waals surface area contributed by atoms with Crippen LogP contribution in [-0.2, 0) is 27.2 Å². The third kappa shape index (κ3) is 2.73. The van der Waals surface area contributed by atoms with Crippen molar-refractivity contribution in [2.24, 2.45) is 0 Å². The lowest BCUT2D eigenvalue weighted by Gasteiger charge is -2.31. The van der Waals surface area contributed by atoms with Gasteiger partial charge in [-0.05, 0) is 30.2 Å². The molecule has 0 bridgehead atoms. The monoisotopic (exact) mass is 310 g/mol. The fraction of sp³-hybridized carbons (Fsp3) is 0.333. The van der Waals surface area contributed by atoms with Gasteiger partial charge in [-0.1, -0.05) is 18.2 Å². The summed E-state index contributed by atoms with van der Waals surface area (Å²) in [4.78, 5) is 18.6. The molecule has 1 aromatic carbocycles. The molecule has 1 fully saturated rings. The van der Waals surface area contributed by atoms with Crippen LogP contribution in [-0.4, -0.2) is 24.1 Å². The number of hydrogen-bond donors (Lipinski definition) is 0. The molecule has 0 spiro atoms. The molecule has 0 unspecified atom stereocenters. The van der Waals surface area contributed by atoms with Crippen LogP contribution in [0.1, 0.15) is 29.5 Å². The molecule has 118 valence electrons. The van der Waals surface area contributed by atoms with Gasteiger partial charge in [0.05, 0.1) is 25.5 Å². The van der Waals surface area contributed by atoms with Gasteiger partial charge in [-0.25, -0.2) is 0 Å². The van der Waals surface area contributed by atoms with Crippen LogP contribution < -0.4 is 4.90 Å². The average molecular weight is 310 g/mol. The van der Waals surface area contributed by atoms with E-state index in [1.165, 1.54) is 0 Å². The Morgan fingerprint density at radius 1 is 1.09 bits per heavy atom. The van der Waals surface area contributed by atoms with Crippen LogP contribution in [0.5, 0.6) is 0 Å². The Labute approximate surface area is 134 Å². The number of benzene rings is 1. The maximum Gasteiger partial charge on any atom is 0.227 e. The molecule has 2 aliphatic rings. The number of carbonyl (C=O) groups is 1. The zero-order valence-electron chi connectivity index (χ0n) is 12.8. The second kappa shape index (κ2) is 6.10. The first kappa shape index (κ1) is 14.4. The van der Waals surface area contributed by atoms with E-state index in [0.29, 0.717) is 26.2 Å². The summed E-state index contributed by atoms with van der Waals surface area (Å²) >= 11 is 0. The van der Waals surface area contributed by atoms with E-state index in [1.807, 2.05) is 41.3 Å². The zero-order valence-corrected chi connectivity index (χ0v) is 12.8. The van der Waals surface area contributed by atoms with Crippen molar-refractivity contribution in [2.75, 3.05) is 18.1 Å². The van der Waals surface area contributed by atoms with Crippen LogP contribution in [0.25, 0.3) is 0 Å². The highest BCUT2D eigenvalue weighted by molar-refractivity contribution is 5.96. The van der Waals surface area contributed by atoms with Gasteiger partial charge in [0.15, 0.2) is 6.29 Å². The van der Waals surface area contributed by atoms with E-state index in [4.69, 9.17) is 9.47 Å². The second-order valence-electron chi connectivity index (χ2n) is 5.72. The molecule has 23 heavy (non-hydrogen) atoms. The van der Waals surface area contributed by atoms with Gasteiger partial charge < -0.3 is 14.4 Å². The number of hydrogen-bond acceptors (Lipinski definition) is 4. The molecule has 2 aromatic rings. The standard InChI is InChI=1S/C18H18N2O3/c21-17-8-7-14-15(18-22-10-11-23-18)5-3-6-16(14)20(17)12-13-4-1-2-9-19-13/h1-6,9,18H,7-8,10-12H2. The molecule has 0 N–H and O–H groups in total. The van der Waals surface area contributed by atoms with Gasteiger partial charge in [-0.15, -0.1) is 0 Å². The summed E-state index contributed by atoms with van der Waals surface area (Å²) in [7, 11) is 0. The third-order valence-electron chi connectivity index (χ3n) is 4.29. The quantitative estimate of drug-likeness (QED) is 0.874.